The normalized spacial score (nSPS) is 27.1. The van der Waals surface area contributed by atoms with Crippen molar-refractivity contribution in [2.45, 2.75) is 349 Å². The lowest BCUT2D eigenvalue weighted by Crippen LogP contribution is -2.66. The molecule has 0 spiro atoms. The number of carbonyl (C=O) groups is 1. The Kier molecular flexibility index (Phi) is 55.2. The Morgan fingerprint density at radius 3 is 1.11 bits per heavy atom. The van der Waals surface area contributed by atoms with Gasteiger partial charge in [-0.05, 0) is 109 Å². The highest BCUT2D eigenvalue weighted by Crippen LogP contribution is 2.33. The molecule has 0 aliphatic carbocycles. The molecule has 3 rings (SSSR count). The van der Waals surface area contributed by atoms with Gasteiger partial charge in [0.25, 0.3) is 0 Å². The molecule has 3 aliphatic rings. The molecule has 0 saturated carbocycles. The van der Waals surface area contributed by atoms with Crippen LogP contribution in [0.15, 0.2) is 134 Å². The van der Waals surface area contributed by atoms with Crippen molar-refractivity contribution < 1.29 is 89.4 Å². The van der Waals surface area contributed by atoms with Gasteiger partial charge in [0.15, 0.2) is 18.9 Å². The molecule has 0 radical (unpaired) electrons. The number of ether oxygens (including phenoxy) is 6. The summed E-state index contributed by atoms with van der Waals surface area (Å²) in [5.41, 5.74) is 0. The zero-order chi connectivity index (χ0) is 73.2. The number of unbranched alkanes of at least 4 members (excludes halogenated alkanes) is 23. The molecular weight excluding hydrogens is 1290 g/mol. The summed E-state index contributed by atoms with van der Waals surface area (Å²) >= 11 is 0. The van der Waals surface area contributed by atoms with Crippen LogP contribution >= 0.6 is 0 Å². The molecular formula is C82H137NO18. The number of hydrogen-bond donors (Lipinski definition) is 12. The number of nitrogens with one attached hydrogen (secondary N) is 1. The van der Waals surface area contributed by atoms with Crippen LogP contribution in [0, 0.1) is 0 Å². The third-order valence-electron chi connectivity index (χ3n) is 18.4. The summed E-state index contributed by atoms with van der Waals surface area (Å²) in [5.74, 6) is -0.294. The summed E-state index contributed by atoms with van der Waals surface area (Å²) < 4.78 is 34.3. The fraction of sp³-hybridized carbons (Fsp3) is 0.720. The Hall–Kier alpha value is -4.07. The Balaban J connectivity index is 1.31. The fourth-order valence-corrected chi connectivity index (χ4v) is 12.2. The molecule has 0 aromatic rings. The highest BCUT2D eigenvalue weighted by atomic mass is 16.8. The Morgan fingerprint density at radius 1 is 0.366 bits per heavy atom. The Bertz CT molecular complexity index is 2350. The SMILES string of the molecule is CC/C=C\C/C=C\C/C=C\C/C=C\C/C=C\C/C=C\C/C=C\C/C=C\CCCCCCCCCCCCCCCCCCC(=O)NC(COC1OC(CO)C(OC2OC(CO)C(OC3OC(CO)C(O)C(O)C3O)C(O)C2O)C(O)C1O)C(O)/C=C/CC/C=C/CC/C=C/CCCCCCC. The fourth-order valence-electron chi connectivity index (χ4n) is 12.2. The molecule has 19 heteroatoms. The molecule has 17 unspecified atom stereocenters. The number of aliphatic hydroxyl groups excluding tert-OH is 11. The second-order valence-electron chi connectivity index (χ2n) is 27.1. The van der Waals surface area contributed by atoms with E-state index in [9.17, 15) is 61.0 Å². The van der Waals surface area contributed by atoms with E-state index in [0.717, 1.165) is 109 Å². The highest BCUT2D eigenvalue weighted by Gasteiger charge is 2.53. The van der Waals surface area contributed by atoms with Gasteiger partial charge in [-0.3, -0.25) is 4.79 Å². The second-order valence-corrected chi connectivity index (χ2v) is 27.1. The van der Waals surface area contributed by atoms with E-state index in [1.165, 1.54) is 103 Å². The van der Waals surface area contributed by atoms with Crippen molar-refractivity contribution in [3.8, 4) is 0 Å². The van der Waals surface area contributed by atoms with E-state index in [1.54, 1.807) is 6.08 Å². The summed E-state index contributed by atoms with van der Waals surface area (Å²) in [6.07, 6.45) is 60.2. The van der Waals surface area contributed by atoms with Crippen LogP contribution in [0.3, 0.4) is 0 Å². The maximum Gasteiger partial charge on any atom is 0.220 e. The second kappa shape index (κ2) is 61.1. The van der Waals surface area contributed by atoms with E-state index in [2.05, 4.69) is 141 Å². The van der Waals surface area contributed by atoms with Gasteiger partial charge in [0, 0.05) is 6.42 Å². The van der Waals surface area contributed by atoms with Crippen molar-refractivity contribution in [2.75, 3.05) is 26.4 Å². The lowest BCUT2D eigenvalue weighted by Gasteiger charge is -2.48. The van der Waals surface area contributed by atoms with Gasteiger partial charge in [0.05, 0.1) is 38.6 Å². The number of allylic oxidation sites excluding steroid dienone is 21. The smallest absolute Gasteiger partial charge is 0.220 e. The molecule has 1 amide bonds. The lowest BCUT2D eigenvalue weighted by molar-refractivity contribution is -0.379. The van der Waals surface area contributed by atoms with Crippen LogP contribution in [0.1, 0.15) is 245 Å². The predicted molar refractivity (Wildman–Crippen MR) is 401 cm³/mol. The summed E-state index contributed by atoms with van der Waals surface area (Å²) in [6, 6.07) is -1.00. The van der Waals surface area contributed by atoms with Gasteiger partial charge in [0.1, 0.15) is 73.2 Å². The van der Waals surface area contributed by atoms with Crippen molar-refractivity contribution in [3.05, 3.63) is 134 Å². The Morgan fingerprint density at radius 2 is 0.693 bits per heavy atom. The van der Waals surface area contributed by atoms with Crippen LogP contribution < -0.4 is 5.32 Å². The molecule has 0 aromatic heterocycles. The van der Waals surface area contributed by atoms with Gasteiger partial charge in [-0.2, -0.15) is 0 Å². The van der Waals surface area contributed by atoms with E-state index in [-0.39, 0.29) is 18.9 Å². The van der Waals surface area contributed by atoms with Crippen LogP contribution in [0.2, 0.25) is 0 Å². The van der Waals surface area contributed by atoms with Crippen molar-refractivity contribution in [2.24, 2.45) is 0 Å². The number of rotatable bonds is 59. The molecule has 3 fully saturated rings. The first-order valence-electron chi connectivity index (χ1n) is 38.9. The van der Waals surface area contributed by atoms with Gasteiger partial charge in [-0.25, -0.2) is 0 Å². The molecule has 0 aromatic carbocycles. The first-order valence-corrected chi connectivity index (χ1v) is 38.9. The van der Waals surface area contributed by atoms with Crippen molar-refractivity contribution in [3.63, 3.8) is 0 Å². The molecule has 17 atom stereocenters. The van der Waals surface area contributed by atoms with Crippen LogP contribution in [-0.2, 0) is 33.2 Å². The summed E-state index contributed by atoms with van der Waals surface area (Å²) in [7, 11) is 0. The van der Waals surface area contributed by atoms with Gasteiger partial charge in [0.2, 0.25) is 5.91 Å². The molecule has 3 heterocycles. The average Bonchev–Trinajstić information content (AvgIpc) is 0.782. The average molecular weight is 1420 g/mol. The molecule has 578 valence electrons. The van der Waals surface area contributed by atoms with Gasteiger partial charge >= 0.3 is 0 Å². The molecule has 3 saturated heterocycles. The summed E-state index contributed by atoms with van der Waals surface area (Å²) in [4.78, 5) is 13.4. The predicted octanol–water partition coefficient (Wildman–Crippen LogP) is 12.5. The highest BCUT2D eigenvalue weighted by molar-refractivity contribution is 5.76. The van der Waals surface area contributed by atoms with Crippen LogP contribution in [0.25, 0.3) is 0 Å². The molecule has 12 N–H and O–H groups in total. The number of amides is 1. The van der Waals surface area contributed by atoms with Crippen molar-refractivity contribution >= 4 is 5.91 Å². The summed E-state index contributed by atoms with van der Waals surface area (Å²) in [5, 5.41) is 121. The topological polar surface area (TPSA) is 307 Å². The zero-order valence-electron chi connectivity index (χ0n) is 61.6. The Labute approximate surface area is 607 Å². The van der Waals surface area contributed by atoms with Gasteiger partial charge in [-0.1, -0.05) is 263 Å². The van der Waals surface area contributed by atoms with Gasteiger partial charge < -0.3 is 89.9 Å². The van der Waals surface area contributed by atoms with Crippen LogP contribution in [0.4, 0.5) is 0 Å². The number of carbonyl (C=O) groups excluding carboxylic acids is 1. The maximum atomic E-state index is 13.4. The minimum atomic E-state index is -1.99. The molecule has 19 nitrogen and oxygen atoms in total. The third-order valence-corrected chi connectivity index (χ3v) is 18.4. The minimum absolute atomic E-state index is 0.226. The first kappa shape index (κ1) is 91.1. The van der Waals surface area contributed by atoms with E-state index in [4.69, 9.17) is 28.4 Å². The summed E-state index contributed by atoms with van der Waals surface area (Å²) in [6.45, 7) is 1.56. The van der Waals surface area contributed by atoms with Crippen molar-refractivity contribution in [1.82, 2.24) is 5.32 Å². The van der Waals surface area contributed by atoms with Crippen LogP contribution in [0.5, 0.6) is 0 Å². The van der Waals surface area contributed by atoms with E-state index in [0.29, 0.717) is 12.8 Å². The first-order chi connectivity index (χ1) is 49.3. The third kappa shape index (κ3) is 41.4. The monoisotopic (exact) mass is 1420 g/mol. The maximum absolute atomic E-state index is 13.4. The van der Waals surface area contributed by atoms with E-state index >= 15 is 0 Å². The van der Waals surface area contributed by atoms with Crippen LogP contribution in [-0.4, -0.2) is 193 Å². The number of aliphatic hydroxyl groups is 11. The zero-order valence-corrected chi connectivity index (χ0v) is 61.6. The minimum Gasteiger partial charge on any atom is -0.394 e. The van der Waals surface area contributed by atoms with E-state index < -0.39 is 124 Å². The van der Waals surface area contributed by atoms with Gasteiger partial charge in [-0.15, -0.1) is 0 Å². The van der Waals surface area contributed by atoms with E-state index in [1.807, 2.05) is 6.08 Å². The standard InChI is InChI=1S/C82H137NO18/c1-3-5-7-9-11-13-15-17-19-20-21-22-23-24-25-26-27-28-29-30-31-32-33-34-35-36-37-38-39-40-41-42-43-44-46-48-50-52-54-56-58-60-70(88)83-65(66(87)59-57-55-53-51-49-47-45-18-16-14-12-10-8-6-4-2)64-96-80-76(94)73(91)78(68(62-85)98-80)101-82-77(95)74(92)79(69(63-86)99-82)100-81-75(93)72(90)71(89)67(61-84)97-81/h5,7,11,13,16-19,21-22,24-25,27-28,30-31,33-34,49,51,57,59,65-69,71-82,84-87,89-95H,3-4,6,8-10,12,14-15,20,23,26,29,32,35-48,50,52-56,58,60-64H2,1-2H3,(H,83,88)/b7-5-,13-11-,18-16+,19-17-,22-21-,25-24-,28-27-,31-30-,34-33-,51-49+,59-57+. The molecule has 3 aliphatic heterocycles. The van der Waals surface area contributed by atoms with Crippen molar-refractivity contribution in [1.29, 1.82) is 0 Å². The lowest BCUT2D eigenvalue weighted by atomic mass is 9.96. The quantitative estimate of drug-likeness (QED) is 0.0199. The largest absolute Gasteiger partial charge is 0.394 e. The molecule has 101 heavy (non-hydrogen) atoms. The molecule has 0 bridgehead atoms. The number of hydrogen-bond acceptors (Lipinski definition) is 18.